The van der Waals surface area contributed by atoms with Gasteiger partial charge < -0.3 is 19.9 Å². The van der Waals surface area contributed by atoms with Crippen molar-refractivity contribution in [1.82, 2.24) is 5.32 Å². The molecule has 0 aromatic heterocycles. The number of rotatable bonds is 11. The number of ether oxygens (including phenoxy) is 2. The van der Waals surface area contributed by atoms with Crippen molar-refractivity contribution in [3.63, 3.8) is 0 Å². The maximum atomic E-state index is 13.8. The van der Waals surface area contributed by atoms with Gasteiger partial charge in [-0.25, -0.2) is 4.39 Å². The van der Waals surface area contributed by atoms with Crippen molar-refractivity contribution in [2.24, 2.45) is 5.92 Å². The number of carbonyl (C=O) groups is 1. The van der Waals surface area contributed by atoms with E-state index in [0.29, 0.717) is 41.7 Å². The zero-order valence-electron chi connectivity index (χ0n) is 16.9. The molecular weight excluding hydrogens is 397 g/mol. The zero-order valence-corrected chi connectivity index (χ0v) is 17.6. The van der Waals surface area contributed by atoms with Gasteiger partial charge >= 0.3 is 5.97 Å². The largest absolute Gasteiger partial charge is 0.490 e. The molecule has 0 spiro atoms. The van der Waals surface area contributed by atoms with Crippen LogP contribution in [0.15, 0.2) is 36.4 Å². The van der Waals surface area contributed by atoms with Gasteiger partial charge in [0.2, 0.25) is 0 Å². The first-order chi connectivity index (χ1) is 13.8. The second kappa shape index (κ2) is 11.0. The molecule has 1 unspecified atom stereocenters. The first-order valence-electron chi connectivity index (χ1n) is 9.59. The van der Waals surface area contributed by atoms with Crippen LogP contribution >= 0.6 is 11.6 Å². The van der Waals surface area contributed by atoms with Crippen LogP contribution in [0, 0.1) is 11.7 Å². The Balaban J connectivity index is 2.16. The van der Waals surface area contributed by atoms with Gasteiger partial charge in [-0.05, 0) is 43.0 Å². The molecule has 2 N–H and O–H groups in total. The van der Waals surface area contributed by atoms with Crippen LogP contribution in [0.2, 0.25) is 5.02 Å². The molecule has 0 heterocycles. The van der Waals surface area contributed by atoms with Crippen LogP contribution < -0.4 is 14.8 Å². The Labute approximate surface area is 175 Å². The van der Waals surface area contributed by atoms with Crippen molar-refractivity contribution < 1.29 is 23.8 Å². The van der Waals surface area contributed by atoms with Crippen LogP contribution in [0.5, 0.6) is 11.5 Å². The number of nitrogens with one attached hydrogen (secondary N) is 1. The Kier molecular flexibility index (Phi) is 8.73. The lowest BCUT2D eigenvalue weighted by molar-refractivity contribution is -0.140. The van der Waals surface area contributed by atoms with E-state index in [2.05, 4.69) is 5.32 Å². The van der Waals surface area contributed by atoms with Crippen LogP contribution in [0.1, 0.15) is 38.3 Å². The summed E-state index contributed by atoms with van der Waals surface area (Å²) in [5.41, 5.74) is 1.18. The highest BCUT2D eigenvalue weighted by Crippen LogP contribution is 2.37. The van der Waals surface area contributed by atoms with Gasteiger partial charge in [0.25, 0.3) is 0 Å². The number of carboxylic acids is 1. The minimum atomic E-state index is -0.889. The predicted octanol–water partition coefficient (Wildman–Crippen LogP) is 5.05. The molecule has 2 rings (SSSR count). The Morgan fingerprint density at radius 1 is 1.24 bits per heavy atom. The summed E-state index contributed by atoms with van der Waals surface area (Å²) in [5.74, 6) is -0.228. The molecule has 29 heavy (non-hydrogen) atoms. The molecule has 0 saturated heterocycles. The number of aliphatic carboxylic acids is 1. The predicted molar refractivity (Wildman–Crippen MR) is 111 cm³/mol. The SMILES string of the molecule is CCOc1cc(CNC(CC(C)C)C(=O)O)cc(Cl)c1OCc1ccccc1F. The normalized spacial score (nSPS) is 12.1. The number of halogens is 2. The summed E-state index contributed by atoms with van der Waals surface area (Å²) < 4.78 is 25.2. The maximum absolute atomic E-state index is 13.8. The van der Waals surface area contributed by atoms with E-state index in [-0.39, 0.29) is 18.3 Å². The van der Waals surface area contributed by atoms with Crippen molar-refractivity contribution in [2.45, 2.75) is 46.4 Å². The molecule has 1 atom stereocenters. The molecular formula is C22H27ClFNO4. The molecule has 2 aromatic carbocycles. The van der Waals surface area contributed by atoms with E-state index in [9.17, 15) is 14.3 Å². The van der Waals surface area contributed by atoms with E-state index < -0.39 is 12.0 Å². The van der Waals surface area contributed by atoms with Gasteiger partial charge in [0.15, 0.2) is 11.5 Å². The lowest BCUT2D eigenvalue weighted by Gasteiger charge is -2.18. The van der Waals surface area contributed by atoms with E-state index in [1.165, 1.54) is 6.07 Å². The average molecular weight is 424 g/mol. The van der Waals surface area contributed by atoms with Crippen LogP contribution in [0.3, 0.4) is 0 Å². The Bertz CT molecular complexity index is 828. The lowest BCUT2D eigenvalue weighted by Crippen LogP contribution is -2.37. The minimum Gasteiger partial charge on any atom is -0.490 e. The fourth-order valence-corrected chi connectivity index (χ4v) is 3.16. The highest BCUT2D eigenvalue weighted by molar-refractivity contribution is 6.32. The monoisotopic (exact) mass is 423 g/mol. The van der Waals surface area contributed by atoms with E-state index >= 15 is 0 Å². The van der Waals surface area contributed by atoms with Crippen molar-refractivity contribution >= 4 is 17.6 Å². The average Bonchev–Trinajstić information content (AvgIpc) is 2.65. The van der Waals surface area contributed by atoms with E-state index in [1.807, 2.05) is 20.8 Å². The summed E-state index contributed by atoms with van der Waals surface area (Å²) in [5, 5.41) is 12.7. The highest BCUT2D eigenvalue weighted by Gasteiger charge is 2.19. The molecule has 5 nitrogen and oxygen atoms in total. The van der Waals surface area contributed by atoms with Gasteiger partial charge in [-0.2, -0.15) is 0 Å². The molecule has 0 bridgehead atoms. The summed E-state index contributed by atoms with van der Waals surface area (Å²) >= 11 is 6.40. The second-order valence-corrected chi connectivity index (χ2v) is 7.53. The molecule has 0 amide bonds. The van der Waals surface area contributed by atoms with E-state index in [0.717, 1.165) is 5.56 Å². The minimum absolute atomic E-state index is 0.0134. The smallest absolute Gasteiger partial charge is 0.320 e. The van der Waals surface area contributed by atoms with Crippen LogP contribution in [0.4, 0.5) is 4.39 Å². The molecule has 0 aliphatic heterocycles. The van der Waals surface area contributed by atoms with Gasteiger partial charge in [-0.15, -0.1) is 0 Å². The standard InChI is InChI=1S/C22H27ClFNO4/c1-4-28-20-11-15(12-25-19(22(26)27)9-14(2)3)10-17(23)21(20)29-13-16-7-5-6-8-18(16)24/h5-8,10-11,14,19,25H,4,9,12-13H2,1-3H3,(H,26,27). The first-order valence-corrected chi connectivity index (χ1v) is 9.97. The quantitative estimate of drug-likeness (QED) is 0.529. The maximum Gasteiger partial charge on any atom is 0.320 e. The van der Waals surface area contributed by atoms with Gasteiger partial charge in [0, 0.05) is 12.1 Å². The van der Waals surface area contributed by atoms with E-state index in [4.69, 9.17) is 21.1 Å². The lowest BCUT2D eigenvalue weighted by atomic mass is 10.0. The molecule has 158 valence electrons. The van der Waals surface area contributed by atoms with Crippen molar-refractivity contribution in [1.29, 1.82) is 0 Å². The van der Waals surface area contributed by atoms with Crippen LogP contribution in [-0.4, -0.2) is 23.7 Å². The summed E-state index contributed by atoms with van der Waals surface area (Å²) in [6.45, 7) is 6.51. The highest BCUT2D eigenvalue weighted by atomic mass is 35.5. The summed E-state index contributed by atoms with van der Waals surface area (Å²) in [6, 6.07) is 9.16. The summed E-state index contributed by atoms with van der Waals surface area (Å²) in [4.78, 5) is 11.4. The molecule has 0 aliphatic carbocycles. The molecule has 7 heteroatoms. The third kappa shape index (κ3) is 6.91. The van der Waals surface area contributed by atoms with Crippen molar-refractivity contribution in [3.8, 4) is 11.5 Å². The molecule has 0 saturated carbocycles. The number of hydrogen-bond acceptors (Lipinski definition) is 4. The number of benzene rings is 2. The van der Waals surface area contributed by atoms with Gasteiger partial charge in [0.05, 0.1) is 11.6 Å². The third-order valence-electron chi connectivity index (χ3n) is 4.26. The Hall–Kier alpha value is -2.31. The topological polar surface area (TPSA) is 67.8 Å². The second-order valence-electron chi connectivity index (χ2n) is 7.12. The Morgan fingerprint density at radius 2 is 1.97 bits per heavy atom. The van der Waals surface area contributed by atoms with E-state index in [1.54, 1.807) is 30.3 Å². The molecule has 0 aliphatic rings. The zero-order chi connectivity index (χ0) is 21.4. The fraction of sp³-hybridized carbons (Fsp3) is 0.409. The van der Waals surface area contributed by atoms with Crippen molar-refractivity contribution in [3.05, 3.63) is 58.4 Å². The summed E-state index contributed by atoms with van der Waals surface area (Å²) in [7, 11) is 0. The van der Waals surface area contributed by atoms with Crippen LogP contribution in [0.25, 0.3) is 0 Å². The first kappa shape index (κ1) is 23.0. The van der Waals surface area contributed by atoms with Gasteiger partial charge in [0.1, 0.15) is 18.5 Å². The molecule has 0 radical (unpaired) electrons. The Morgan fingerprint density at radius 3 is 2.59 bits per heavy atom. The molecule has 2 aromatic rings. The van der Waals surface area contributed by atoms with Gasteiger partial charge in [-0.3, -0.25) is 4.79 Å². The summed E-state index contributed by atoms with van der Waals surface area (Å²) in [6.07, 6.45) is 0.519. The van der Waals surface area contributed by atoms with Crippen LogP contribution in [-0.2, 0) is 17.9 Å². The van der Waals surface area contributed by atoms with Crippen molar-refractivity contribution in [2.75, 3.05) is 6.61 Å². The fourth-order valence-electron chi connectivity index (χ4n) is 2.88. The number of carboxylic acid groups (broad SMARTS) is 1. The third-order valence-corrected chi connectivity index (χ3v) is 4.54. The molecule has 0 fully saturated rings. The number of hydrogen-bond donors (Lipinski definition) is 2. The van der Waals surface area contributed by atoms with Gasteiger partial charge in [-0.1, -0.05) is 43.6 Å².